The standard InChI is InChI=1S/C11H15BrN2O4/c1-6-4-7(14(17)18)5-8(10(6)13)11(16)9(15)2-3-12/h4-5,9,11,15-16H,2-3,13H2,1H3. The van der Waals surface area contributed by atoms with E-state index in [9.17, 15) is 20.3 Å². The number of nitro benzene ring substituents is 1. The molecule has 0 radical (unpaired) electrons. The number of nitrogens with zero attached hydrogens (tertiary/aromatic N) is 1. The van der Waals surface area contributed by atoms with Crippen molar-refractivity contribution in [3.05, 3.63) is 33.4 Å². The van der Waals surface area contributed by atoms with Gasteiger partial charge in [0.1, 0.15) is 6.10 Å². The fourth-order valence-electron chi connectivity index (χ4n) is 1.63. The Kier molecular flexibility index (Phi) is 5.06. The highest BCUT2D eigenvalue weighted by Crippen LogP contribution is 2.31. The lowest BCUT2D eigenvalue weighted by Gasteiger charge is -2.19. The van der Waals surface area contributed by atoms with E-state index in [1.165, 1.54) is 12.1 Å². The van der Waals surface area contributed by atoms with Crippen LogP contribution >= 0.6 is 15.9 Å². The average Bonchev–Trinajstić information content (AvgIpc) is 2.31. The van der Waals surface area contributed by atoms with Gasteiger partial charge in [-0.05, 0) is 18.9 Å². The number of benzene rings is 1. The van der Waals surface area contributed by atoms with Gasteiger partial charge in [-0.2, -0.15) is 0 Å². The van der Waals surface area contributed by atoms with Crippen LogP contribution in [0.25, 0.3) is 0 Å². The Bertz CT molecular complexity index is 453. The molecule has 0 aliphatic rings. The zero-order valence-electron chi connectivity index (χ0n) is 9.84. The molecule has 0 aromatic heterocycles. The second-order valence-electron chi connectivity index (χ2n) is 4.01. The molecule has 100 valence electrons. The molecule has 2 unspecified atom stereocenters. The third-order valence-corrected chi connectivity index (χ3v) is 3.16. The molecular weight excluding hydrogens is 304 g/mol. The first-order valence-electron chi connectivity index (χ1n) is 5.35. The molecule has 0 aliphatic carbocycles. The van der Waals surface area contributed by atoms with Crippen molar-refractivity contribution in [2.24, 2.45) is 0 Å². The van der Waals surface area contributed by atoms with Crippen LogP contribution in [0.4, 0.5) is 11.4 Å². The fourth-order valence-corrected chi connectivity index (χ4v) is 2.10. The van der Waals surface area contributed by atoms with E-state index in [-0.39, 0.29) is 16.9 Å². The van der Waals surface area contributed by atoms with Crippen molar-refractivity contribution in [2.45, 2.75) is 25.6 Å². The number of nitrogen functional groups attached to an aromatic ring is 1. The maximum atomic E-state index is 10.7. The van der Waals surface area contributed by atoms with Crippen molar-refractivity contribution >= 4 is 27.3 Å². The van der Waals surface area contributed by atoms with Crippen LogP contribution in [-0.4, -0.2) is 26.6 Å². The Morgan fingerprint density at radius 2 is 2.11 bits per heavy atom. The van der Waals surface area contributed by atoms with E-state index < -0.39 is 17.1 Å². The third kappa shape index (κ3) is 3.18. The van der Waals surface area contributed by atoms with Crippen molar-refractivity contribution in [3.8, 4) is 0 Å². The van der Waals surface area contributed by atoms with Gasteiger partial charge < -0.3 is 15.9 Å². The first-order valence-corrected chi connectivity index (χ1v) is 6.47. The Labute approximate surface area is 113 Å². The molecule has 0 heterocycles. The van der Waals surface area contributed by atoms with E-state index in [2.05, 4.69) is 15.9 Å². The predicted molar refractivity (Wildman–Crippen MR) is 71.6 cm³/mol. The van der Waals surface area contributed by atoms with Crippen LogP contribution in [0.15, 0.2) is 12.1 Å². The molecule has 7 heteroatoms. The summed E-state index contributed by atoms with van der Waals surface area (Å²) in [6, 6.07) is 2.53. The van der Waals surface area contributed by atoms with E-state index in [1.807, 2.05) is 0 Å². The molecule has 1 rings (SSSR count). The molecule has 4 N–H and O–H groups in total. The molecule has 1 aromatic rings. The summed E-state index contributed by atoms with van der Waals surface area (Å²) in [6.45, 7) is 1.62. The monoisotopic (exact) mass is 318 g/mol. The number of rotatable bonds is 5. The molecule has 6 nitrogen and oxygen atoms in total. The molecule has 0 amide bonds. The van der Waals surface area contributed by atoms with Crippen molar-refractivity contribution < 1.29 is 15.1 Å². The number of nitro groups is 1. The zero-order chi connectivity index (χ0) is 13.9. The second-order valence-corrected chi connectivity index (χ2v) is 4.81. The van der Waals surface area contributed by atoms with Gasteiger partial charge in [0.15, 0.2) is 0 Å². The minimum absolute atomic E-state index is 0.151. The Morgan fingerprint density at radius 1 is 1.50 bits per heavy atom. The normalized spacial score (nSPS) is 14.2. The van der Waals surface area contributed by atoms with Crippen LogP contribution in [0.1, 0.15) is 23.7 Å². The Morgan fingerprint density at radius 3 is 2.61 bits per heavy atom. The number of hydrogen-bond donors (Lipinski definition) is 3. The van der Waals surface area contributed by atoms with Crippen LogP contribution in [-0.2, 0) is 0 Å². The number of aliphatic hydroxyl groups excluding tert-OH is 2. The summed E-state index contributed by atoms with van der Waals surface area (Å²) in [5, 5.41) is 30.9. The number of anilines is 1. The maximum absolute atomic E-state index is 10.7. The molecule has 18 heavy (non-hydrogen) atoms. The van der Waals surface area contributed by atoms with Crippen LogP contribution < -0.4 is 5.73 Å². The molecule has 2 atom stereocenters. The highest BCUT2D eigenvalue weighted by atomic mass is 79.9. The highest BCUT2D eigenvalue weighted by molar-refractivity contribution is 9.09. The topological polar surface area (TPSA) is 110 Å². The van der Waals surface area contributed by atoms with Crippen LogP contribution in [0.5, 0.6) is 0 Å². The largest absolute Gasteiger partial charge is 0.398 e. The first-order chi connectivity index (χ1) is 8.38. The third-order valence-electron chi connectivity index (χ3n) is 2.70. The summed E-state index contributed by atoms with van der Waals surface area (Å²) in [7, 11) is 0. The minimum Gasteiger partial charge on any atom is -0.398 e. The van der Waals surface area contributed by atoms with Crippen molar-refractivity contribution in [3.63, 3.8) is 0 Å². The highest BCUT2D eigenvalue weighted by Gasteiger charge is 2.23. The number of halogens is 1. The van der Waals surface area contributed by atoms with Crippen molar-refractivity contribution in [1.29, 1.82) is 0 Å². The van der Waals surface area contributed by atoms with E-state index in [0.717, 1.165) is 0 Å². The average molecular weight is 319 g/mol. The molecule has 1 aromatic carbocycles. The van der Waals surface area contributed by atoms with Gasteiger partial charge in [0, 0.05) is 28.7 Å². The lowest BCUT2D eigenvalue weighted by Crippen LogP contribution is -2.20. The second kappa shape index (κ2) is 6.12. The SMILES string of the molecule is Cc1cc([N+](=O)[O-])cc(C(O)C(O)CCBr)c1N. The molecule has 0 spiro atoms. The lowest BCUT2D eigenvalue weighted by molar-refractivity contribution is -0.385. The summed E-state index contributed by atoms with van der Waals surface area (Å²) in [4.78, 5) is 10.2. The molecule has 0 fully saturated rings. The Balaban J connectivity index is 3.18. The summed E-state index contributed by atoms with van der Waals surface area (Å²) < 4.78 is 0. The summed E-state index contributed by atoms with van der Waals surface area (Å²) in [6.07, 6.45) is -1.93. The van der Waals surface area contributed by atoms with Gasteiger partial charge in [-0.1, -0.05) is 15.9 Å². The zero-order valence-corrected chi connectivity index (χ0v) is 11.4. The fraction of sp³-hybridized carbons (Fsp3) is 0.455. The number of alkyl halides is 1. The van der Waals surface area contributed by atoms with Gasteiger partial charge in [0.25, 0.3) is 5.69 Å². The van der Waals surface area contributed by atoms with Gasteiger partial charge in [-0.25, -0.2) is 0 Å². The smallest absolute Gasteiger partial charge is 0.270 e. The van der Waals surface area contributed by atoms with Crippen molar-refractivity contribution in [1.82, 2.24) is 0 Å². The number of nitrogens with two attached hydrogens (primary N) is 1. The van der Waals surface area contributed by atoms with Crippen LogP contribution in [0, 0.1) is 17.0 Å². The van der Waals surface area contributed by atoms with Gasteiger partial charge in [0.05, 0.1) is 11.0 Å². The van der Waals surface area contributed by atoms with E-state index >= 15 is 0 Å². The predicted octanol–water partition coefficient (Wildman–Crippen LogP) is 1.66. The van der Waals surface area contributed by atoms with Crippen LogP contribution in [0.2, 0.25) is 0 Å². The quantitative estimate of drug-likeness (QED) is 0.331. The molecule has 0 saturated carbocycles. The van der Waals surface area contributed by atoms with Gasteiger partial charge >= 0.3 is 0 Å². The molecule has 0 aliphatic heterocycles. The Hall–Kier alpha value is -1.18. The van der Waals surface area contributed by atoms with E-state index in [0.29, 0.717) is 17.3 Å². The van der Waals surface area contributed by atoms with Gasteiger partial charge in [-0.15, -0.1) is 0 Å². The van der Waals surface area contributed by atoms with E-state index in [4.69, 9.17) is 5.73 Å². The van der Waals surface area contributed by atoms with E-state index in [1.54, 1.807) is 6.92 Å². The van der Waals surface area contributed by atoms with Gasteiger partial charge in [0.2, 0.25) is 0 Å². The van der Waals surface area contributed by atoms with Crippen molar-refractivity contribution in [2.75, 3.05) is 11.1 Å². The summed E-state index contributed by atoms with van der Waals surface area (Å²) in [5.41, 5.74) is 6.59. The first kappa shape index (κ1) is 14.9. The number of aryl methyl sites for hydroxylation is 1. The number of aliphatic hydroxyl groups is 2. The van der Waals surface area contributed by atoms with Crippen LogP contribution in [0.3, 0.4) is 0 Å². The van der Waals surface area contributed by atoms with Gasteiger partial charge in [-0.3, -0.25) is 10.1 Å². The number of hydrogen-bond acceptors (Lipinski definition) is 5. The summed E-state index contributed by atoms with van der Waals surface area (Å²) in [5.74, 6) is 0. The number of non-ortho nitro benzene ring substituents is 1. The molecular formula is C11H15BrN2O4. The summed E-state index contributed by atoms with van der Waals surface area (Å²) >= 11 is 3.15. The maximum Gasteiger partial charge on any atom is 0.270 e. The molecule has 0 saturated heterocycles. The molecule has 0 bridgehead atoms. The lowest BCUT2D eigenvalue weighted by atomic mass is 9.98. The minimum atomic E-state index is -1.24.